The number of ether oxygens (including phenoxy) is 2. The zero-order chi connectivity index (χ0) is 26.3. The van der Waals surface area contributed by atoms with Crippen LogP contribution in [0.25, 0.3) is 0 Å². The van der Waals surface area contributed by atoms with Crippen molar-refractivity contribution in [2.24, 2.45) is 0 Å². The minimum Gasteiger partial charge on any atom is -0.462 e. The number of aryl methyl sites for hydroxylation is 1. The minimum absolute atomic E-state index is 0.0246. The van der Waals surface area contributed by atoms with Crippen molar-refractivity contribution in [3.05, 3.63) is 76.3 Å². The summed E-state index contributed by atoms with van der Waals surface area (Å²) in [5.41, 5.74) is 1.19. The summed E-state index contributed by atoms with van der Waals surface area (Å²) < 4.78 is 36.5. The van der Waals surface area contributed by atoms with Gasteiger partial charge < -0.3 is 9.47 Å². The number of rotatable bonds is 10. The molecule has 0 aliphatic rings. The Morgan fingerprint density at radius 1 is 1.03 bits per heavy atom. The molecule has 2 aromatic carbocycles. The van der Waals surface area contributed by atoms with Gasteiger partial charge in [0.15, 0.2) is 11.7 Å². The molecule has 0 atom stereocenters. The monoisotopic (exact) mass is 531 g/mol. The zero-order valence-corrected chi connectivity index (χ0v) is 21.5. The van der Waals surface area contributed by atoms with Crippen molar-refractivity contribution in [3.63, 3.8) is 0 Å². The number of hydrogen-bond donors (Lipinski definition) is 1. The number of thiazole rings is 1. The number of sulfonamides is 1. The first kappa shape index (κ1) is 27.0. The maximum absolute atomic E-state index is 13.2. The molecule has 3 aromatic rings. The van der Waals surface area contributed by atoms with Crippen molar-refractivity contribution in [1.82, 2.24) is 9.71 Å². The molecule has 0 saturated carbocycles. The van der Waals surface area contributed by atoms with Gasteiger partial charge in [-0.1, -0.05) is 47.7 Å². The number of nitrogens with zero attached hydrogens (tertiary/aromatic N) is 2. The van der Waals surface area contributed by atoms with E-state index in [9.17, 15) is 22.8 Å². The van der Waals surface area contributed by atoms with Crippen LogP contribution in [0.15, 0.2) is 59.5 Å². The van der Waals surface area contributed by atoms with E-state index in [0.29, 0.717) is 5.69 Å². The largest absolute Gasteiger partial charge is 0.462 e. The maximum atomic E-state index is 13.2. The highest BCUT2D eigenvalue weighted by Crippen LogP contribution is 2.28. The molecule has 0 aliphatic heterocycles. The summed E-state index contributed by atoms with van der Waals surface area (Å²) >= 11 is 1.01. The molecule has 0 saturated heterocycles. The van der Waals surface area contributed by atoms with Gasteiger partial charge in [0.1, 0.15) is 4.88 Å². The Morgan fingerprint density at radius 3 is 2.42 bits per heavy atom. The summed E-state index contributed by atoms with van der Waals surface area (Å²) in [5.74, 6) is -1.97. The number of carbonyl (C=O) groups is 3. The fourth-order valence-corrected chi connectivity index (χ4v) is 4.86. The molecule has 12 heteroatoms. The van der Waals surface area contributed by atoms with E-state index in [2.05, 4.69) is 9.71 Å². The van der Waals surface area contributed by atoms with E-state index in [1.165, 1.54) is 30.1 Å². The third-order valence-corrected chi connectivity index (χ3v) is 7.51. The zero-order valence-electron chi connectivity index (χ0n) is 19.9. The third kappa shape index (κ3) is 6.53. The van der Waals surface area contributed by atoms with Gasteiger partial charge in [-0.3, -0.25) is 9.69 Å². The van der Waals surface area contributed by atoms with Gasteiger partial charge in [0.25, 0.3) is 5.91 Å². The lowest BCUT2D eigenvalue weighted by molar-refractivity contribution is -0.121. The smallest absolute Gasteiger partial charge is 0.350 e. The fraction of sp³-hybridized carbons (Fsp3) is 0.250. The van der Waals surface area contributed by atoms with Gasteiger partial charge in [0, 0.05) is 0 Å². The first-order valence-electron chi connectivity index (χ1n) is 10.9. The molecule has 36 heavy (non-hydrogen) atoms. The van der Waals surface area contributed by atoms with Crippen molar-refractivity contribution >= 4 is 44.3 Å². The Bertz CT molecular complexity index is 1360. The quantitative estimate of drug-likeness (QED) is 0.395. The summed E-state index contributed by atoms with van der Waals surface area (Å²) in [5, 5.41) is 0.252. The Kier molecular flexibility index (Phi) is 8.91. The summed E-state index contributed by atoms with van der Waals surface area (Å²) in [6.07, 6.45) is 0. The predicted octanol–water partition coefficient (Wildman–Crippen LogP) is 2.93. The lowest BCUT2D eigenvalue weighted by Crippen LogP contribution is -2.34. The summed E-state index contributed by atoms with van der Waals surface area (Å²) in [7, 11) is -2.50. The fourth-order valence-electron chi connectivity index (χ4n) is 3.11. The third-order valence-electron chi connectivity index (χ3n) is 4.94. The van der Waals surface area contributed by atoms with E-state index in [1.807, 2.05) is 30.3 Å². The number of hydrogen-bond acceptors (Lipinski definition) is 9. The summed E-state index contributed by atoms with van der Waals surface area (Å²) in [4.78, 5) is 43.8. The van der Waals surface area contributed by atoms with Crippen LogP contribution in [0.2, 0.25) is 0 Å². The molecular formula is C24H25N3O7S2. The SMILES string of the molecule is CCOC(=O)c1sc(N(Cc2ccccc2)C(=O)COC(=O)c2cccc(S(=O)(=O)NC)c2)nc1C. The second kappa shape index (κ2) is 11.9. The number of esters is 2. The molecule has 1 N–H and O–H groups in total. The Balaban J connectivity index is 1.82. The highest BCUT2D eigenvalue weighted by molar-refractivity contribution is 7.89. The molecule has 1 heterocycles. The van der Waals surface area contributed by atoms with Crippen LogP contribution in [0, 0.1) is 6.92 Å². The van der Waals surface area contributed by atoms with Crippen LogP contribution in [-0.2, 0) is 30.8 Å². The Morgan fingerprint density at radius 2 is 1.75 bits per heavy atom. The molecule has 0 bridgehead atoms. The molecule has 0 spiro atoms. The van der Waals surface area contributed by atoms with Crippen LogP contribution in [0.5, 0.6) is 0 Å². The van der Waals surface area contributed by atoms with Gasteiger partial charge in [-0.2, -0.15) is 0 Å². The van der Waals surface area contributed by atoms with Gasteiger partial charge in [-0.05, 0) is 44.7 Å². The topological polar surface area (TPSA) is 132 Å². The Hall–Kier alpha value is -3.61. The highest BCUT2D eigenvalue weighted by atomic mass is 32.2. The number of amides is 1. The second-order valence-electron chi connectivity index (χ2n) is 7.41. The van der Waals surface area contributed by atoms with Crippen LogP contribution in [0.1, 0.15) is 38.2 Å². The summed E-state index contributed by atoms with van der Waals surface area (Å²) in [6, 6.07) is 14.4. The summed E-state index contributed by atoms with van der Waals surface area (Å²) in [6.45, 7) is 3.04. The average Bonchev–Trinajstić information content (AvgIpc) is 3.27. The molecule has 1 aromatic heterocycles. The molecule has 190 valence electrons. The molecule has 0 aliphatic carbocycles. The highest BCUT2D eigenvalue weighted by Gasteiger charge is 2.25. The lowest BCUT2D eigenvalue weighted by atomic mass is 10.2. The van der Waals surface area contributed by atoms with Crippen LogP contribution in [0.3, 0.4) is 0 Å². The van der Waals surface area contributed by atoms with Crippen LogP contribution >= 0.6 is 11.3 Å². The molecule has 10 nitrogen and oxygen atoms in total. The van der Waals surface area contributed by atoms with E-state index in [-0.39, 0.29) is 33.6 Å². The van der Waals surface area contributed by atoms with Gasteiger partial charge in [0.05, 0.1) is 29.3 Å². The number of benzene rings is 2. The second-order valence-corrected chi connectivity index (χ2v) is 10.3. The number of anilines is 1. The molecule has 3 rings (SSSR count). The van der Waals surface area contributed by atoms with Gasteiger partial charge >= 0.3 is 11.9 Å². The van der Waals surface area contributed by atoms with Crippen molar-refractivity contribution in [2.75, 3.05) is 25.2 Å². The molecular weight excluding hydrogens is 506 g/mol. The van der Waals surface area contributed by atoms with E-state index in [0.717, 1.165) is 23.0 Å². The minimum atomic E-state index is -3.76. The van der Waals surface area contributed by atoms with Gasteiger partial charge in [-0.25, -0.2) is 27.7 Å². The molecule has 0 fully saturated rings. The number of aromatic nitrogens is 1. The van der Waals surface area contributed by atoms with E-state index in [4.69, 9.17) is 9.47 Å². The first-order chi connectivity index (χ1) is 17.2. The number of nitrogens with one attached hydrogen (secondary N) is 1. The lowest BCUT2D eigenvalue weighted by Gasteiger charge is -2.20. The average molecular weight is 532 g/mol. The van der Waals surface area contributed by atoms with Gasteiger partial charge in [0.2, 0.25) is 10.0 Å². The van der Waals surface area contributed by atoms with E-state index < -0.39 is 34.5 Å². The molecule has 1 amide bonds. The van der Waals surface area contributed by atoms with Crippen molar-refractivity contribution in [3.8, 4) is 0 Å². The maximum Gasteiger partial charge on any atom is 0.350 e. The van der Waals surface area contributed by atoms with Crippen LogP contribution < -0.4 is 9.62 Å². The number of carbonyl (C=O) groups excluding carboxylic acids is 3. The van der Waals surface area contributed by atoms with Crippen LogP contribution in [0.4, 0.5) is 5.13 Å². The molecule has 0 radical (unpaired) electrons. The van der Waals surface area contributed by atoms with Gasteiger partial charge in [-0.15, -0.1) is 0 Å². The van der Waals surface area contributed by atoms with E-state index >= 15 is 0 Å². The van der Waals surface area contributed by atoms with E-state index in [1.54, 1.807) is 13.8 Å². The van der Waals surface area contributed by atoms with Crippen molar-refractivity contribution in [2.45, 2.75) is 25.3 Å². The van der Waals surface area contributed by atoms with Crippen LogP contribution in [-0.4, -0.2) is 51.5 Å². The van der Waals surface area contributed by atoms with Crippen molar-refractivity contribution in [1.29, 1.82) is 0 Å². The first-order valence-corrected chi connectivity index (χ1v) is 13.2. The Labute approximate surface area is 212 Å². The molecule has 0 unspecified atom stereocenters. The predicted molar refractivity (Wildman–Crippen MR) is 133 cm³/mol. The normalized spacial score (nSPS) is 11.1. The standard InChI is InChI=1S/C24H25N3O7S2/c1-4-33-23(30)21-16(2)26-24(35-21)27(14-17-9-6-5-7-10-17)20(28)15-34-22(29)18-11-8-12-19(13-18)36(31,32)25-3/h5-13,25H,4,14-15H2,1-3H3. The van der Waals surface area contributed by atoms with Crippen molar-refractivity contribution < 1.29 is 32.3 Å².